The van der Waals surface area contributed by atoms with E-state index in [4.69, 9.17) is 9.47 Å². The Balaban J connectivity index is 1.69. The normalized spacial score (nSPS) is 47.4. The summed E-state index contributed by atoms with van der Waals surface area (Å²) in [6.07, 6.45) is 12.7. The van der Waals surface area contributed by atoms with Gasteiger partial charge < -0.3 is 14.6 Å². The average Bonchev–Trinajstić information content (AvgIpc) is 3.04. The molecule has 0 aromatic rings. The van der Waals surface area contributed by atoms with Gasteiger partial charge in [0.15, 0.2) is 0 Å². The Morgan fingerprint density at radius 2 is 1.93 bits per heavy atom. The van der Waals surface area contributed by atoms with Crippen LogP contribution in [0.2, 0.25) is 0 Å². The molecule has 3 heteroatoms. The predicted molar refractivity (Wildman–Crippen MR) is 108 cm³/mol. The van der Waals surface area contributed by atoms with E-state index in [-0.39, 0.29) is 24.0 Å². The lowest BCUT2D eigenvalue weighted by atomic mass is 9.46. The maximum Gasteiger partial charge on any atom is 0.0668 e. The fourth-order valence-electron chi connectivity index (χ4n) is 7.56. The smallest absolute Gasteiger partial charge is 0.0668 e. The van der Waals surface area contributed by atoms with Crippen molar-refractivity contribution in [3.63, 3.8) is 0 Å². The molecular formula is C24H38O3. The Morgan fingerprint density at radius 1 is 1.15 bits per heavy atom. The summed E-state index contributed by atoms with van der Waals surface area (Å²) in [5.74, 6) is 2.31. The lowest BCUT2D eigenvalue weighted by molar-refractivity contribution is -0.121. The molecule has 4 rings (SSSR count). The van der Waals surface area contributed by atoms with E-state index >= 15 is 0 Å². The first-order valence-corrected chi connectivity index (χ1v) is 11.0. The number of aliphatic hydroxyl groups is 1. The molecule has 0 heterocycles. The minimum Gasteiger partial charge on any atom is -0.396 e. The Bertz CT molecular complexity index is 638. The molecule has 2 saturated carbocycles. The van der Waals surface area contributed by atoms with Crippen LogP contribution in [0.1, 0.15) is 59.3 Å². The third-order valence-electron chi connectivity index (χ3n) is 9.20. The Kier molecular flexibility index (Phi) is 5.10. The molecule has 0 spiro atoms. The van der Waals surface area contributed by atoms with E-state index in [1.807, 2.05) is 14.2 Å². The number of hydrogen-bond acceptors (Lipinski definition) is 3. The number of aliphatic hydroxyl groups excluding tert-OH is 1. The first kappa shape index (κ1) is 19.7. The molecule has 0 unspecified atom stereocenters. The van der Waals surface area contributed by atoms with Crippen molar-refractivity contribution >= 4 is 0 Å². The topological polar surface area (TPSA) is 38.7 Å². The summed E-state index contributed by atoms with van der Waals surface area (Å²) >= 11 is 0. The van der Waals surface area contributed by atoms with Crippen molar-refractivity contribution in [2.75, 3.05) is 20.8 Å². The molecule has 2 fully saturated rings. The van der Waals surface area contributed by atoms with Gasteiger partial charge in [0, 0.05) is 32.2 Å². The van der Waals surface area contributed by atoms with E-state index < -0.39 is 0 Å². The maximum absolute atomic E-state index is 9.83. The van der Waals surface area contributed by atoms with Crippen LogP contribution in [-0.4, -0.2) is 38.1 Å². The third kappa shape index (κ3) is 2.72. The monoisotopic (exact) mass is 374 g/mol. The molecule has 3 nitrogen and oxygen atoms in total. The molecular weight excluding hydrogens is 336 g/mol. The van der Waals surface area contributed by atoms with E-state index in [2.05, 4.69) is 32.9 Å². The summed E-state index contributed by atoms with van der Waals surface area (Å²) in [4.78, 5) is 0. The van der Waals surface area contributed by atoms with Gasteiger partial charge in [0.25, 0.3) is 0 Å². The van der Waals surface area contributed by atoms with Crippen molar-refractivity contribution in [3.05, 3.63) is 23.3 Å². The highest BCUT2D eigenvalue weighted by Crippen LogP contribution is 2.66. The van der Waals surface area contributed by atoms with Crippen LogP contribution in [0.25, 0.3) is 0 Å². The molecule has 0 aromatic carbocycles. The van der Waals surface area contributed by atoms with Gasteiger partial charge in [0.1, 0.15) is 0 Å². The van der Waals surface area contributed by atoms with E-state index in [0.717, 1.165) is 25.2 Å². The molecule has 4 aliphatic carbocycles. The standard InChI is InChI=1S/C24H38O3/c1-15(14-25)19-8-9-20-18-7-6-16-12-17(26-4)10-11-23(16,2)21(18)13-22(27-5)24(19,20)3/h6,8,15,17-18,20-22,25H,7,9-14H2,1-5H3/t15-,17+,18+,20+,21+,22-,23+,24-/m1/s1. The van der Waals surface area contributed by atoms with Crippen LogP contribution >= 0.6 is 0 Å². The number of methoxy groups -OCH3 is 2. The van der Waals surface area contributed by atoms with Crippen molar-refractivity contribution in [3.8, 4) is 0 Å². The second-order valence-electron chi connectivity index (χ2n) is 10.1. The highest BCUT2D eigenvalue weighted by atomic mass is 16.5. The second kappa shape index (κ2) is 7.00. The largest absolute Gasteiger partial charge is 0.396 e. The van der Waals surface area contributed by atoms with Gasteiger partial charge in [-0.25, -0.2) is 0 Å². The minimum absolute atomic E-state index is 0.0729. The van der Waals surface area contributed by atoms with Crippen LogP contribution in [0.15, 0.2) is 23.3 Å². The molecule has 8 atom stereocenters. The quantitative estimate of drug-likeness (QED) is 0.722. The zero-order valence-electron chi connectivity index (χ0n) is 17.8. The molecule has 0 bridgehead atoms. The zero-order chi connectivity index (χ0) is 19.4. The molecule has 152 valence electrons. The third-order valence-corrected chi connectivity index (χ3v) is 9.20. The SMILES string of the molecule is CO[C@H]1CC[C@@]2(C)C(=CC[C@H]3[C@@H]4CC=C([C@H](C)CO)[C@@]4(C)[C@H](OC)C[C@@H]32)C1. The Labute approximate surface area is 165 Å². The van der Waals surface area contributed by atoms with Crippen LogP contribution < -0.4 is 0 Å². The van der Waals surface area contributed by atoms with Gasteiger partial charge in [-0.1, -0.05) is 44.1 Å². The molecule has 4 aliphatic rings. The van der Waals surface area contributed by atoms with Gasteiger partial charge in [0.2, 0.25) is 0 Å². The summed E-state index contributed by atoms with van der Waals surface area (Å²) in [5.41, 5.74) is 3.48. The Hall–Kier alpha value is -0.640. The molecule has 0 aliphatic heterocycles. The fraction of sp³-hybridized carbons (Fsp3) is 0.833. The van der Waals surface area contributed by atoms with Gasteiger partial charge in [0.05, 0.1) is 12.2 Å². The molecule has 1 N–H and O–H groups in total. The molecule has 0 saturated heterocycles. The molecule has 0 radical (unpaired) electrons. The summed E-state index contributed by atoms with van der Waals surface area (Å²) in [7, 11) is 3.76. The Morgan fingerprint density at radius 3 is 2.59 bits per heavy atom. The van der Waals surface area contributed by atoms with E-state index in [1.54, 1.807) is 5.57 Å². The van der Waals surface area contributed by atoms with Crippen LogP contribution in [0.5, 0.6) is 0 Å². The number of ether oxygens (including phenoxy) is 2. The second-order valence-corrected chi connectivity index (χ2v) is 10.1. The van der Waals surface area contributed by atoms with Crippen molar-refractivity contribution in [2.45, 2.75) is 71.5 Å². The number of allylic oxidation sites excluding steroid dienone is 2. The lowest BCUT2D eigenvalue weighted by Gasteiger charge is -2.60. The summed E-state index contributed by atoms with van der Waals surface area (Å²) in [6.45, 7) is 7.36. The fourth-order valence-corrected chi connectivity index (χ4v) is 7.56. The van der Waals surface area contributed by atoms with Crippen LogP contribution in [-0.2, 0) is 9.47 Å². The number of rotatable bonds is 4. The van der Waals surface area contributed by atoms with Crippen molar-refractivity contribution in [2.24, 2.45) is 34.5 Å². The van der Waals surface area contributed by atoms with Gasteiger partial charge in [-0.05, 0) is 61.7 Å². The van der Waals surface area contributed by atoms with Crippen molar-refractivity contribution in [1.82, 2.24) is 0 Å². The van der Waals surface area contributed by atoms with Gasteiger partial charge in [-0.15, -0.1) is 0 Å². The first-order valence-electron chi connectivity index (χ1n) is 11.0. The molecule has 0 amide bonds. The molecule has 27 heavy (non-hydrogen) atoms. The first-order chi connectivity index (χ1) is 12.9. The van der Waals surface area contributed by atoms with Gasteiger partial charge in [-0.3, -0.25) is 0 Å². The van der Waals surface area contributed by atoms with E-state index in [0.29, 0.717) is 23.4 Å². The molecule has 0 aromatic heterocycles. The van der Waals surface area contributed by atoms with Crippen LogP contribution in [0, 0.1) is 34.5 Å². The summed E-state index contributed by atoms with van der Waals surface area (Å²) < 4.78 is 11.9. The number of hydrogen-bond donors (Lipinski definition) is 1. The van der Waals surface area contributed by atoms with E-state index in [1.165, 1.54) is 24.8 Å². The maximum atomic E-state index is 9.83. The average molecular weight is 375 g/mol. The van der Waals surface area contributed by atoms with Gasteiger partial charge in [-0.2, -0.15) is 0 Å². The summed E-state index contributed by atoms with van der Waals surface area (Å²) in [6, 6.07) is 0. The predicted octanol–water partition coefficient (Wildman–Crippen LogP) is 4.75. The van der Waals surface area contributed by atoms with Crippen molar-refractivity contribution < 1.29 is 14.6 Å². The van der Waals surface area contributed by atoms with Crippen LogP contribution in [0.4, 0.5) is 0 Å². The van der Waals surface area contributed by atoms with Gasteiger partial charge >= 0.3 is 0 Å². The highest BCUT2D eigenvalue weighted by Gasteiger charge is 2.61. The summed E-state index contributed by atoms with van der Waals surface area (Å²) in [5, 5.41) is 9.83. The van der Waals surface area contributed by atoms with E-state index in [9.17, 15) is 5.11 Å². The zero-order valence-corrected chi connectivity index (χ0v) is 17.8. The minimum atomic E-state index is 0.0729. The highest BCUT2D eigenvalue weighted by molar-refractivity contribution is 5.33. The van der Waals surface area contributed by atoms with Crippen LogP contribution in [0.3, 0.4) is 0 Å². The lowest BCUT2D eigenvalue weighted by Crippen LogP contribution is -2.56. The van der Waals surface area contributed by atoms with Crippen molar-refractivity contribution in [1.29, 1.82) is 0 Å². The number of fused-ring (bicyclic) bond motifs is 5.